The van der Waals surface area contributed by atoms with Crippen LogP contribution in [0.1, 0.15) is 36.9 Å². The second-order valence-corrected chi connectivity index (χ2v) is 6.54. The summed E-state index contributed by atoms with van der Waals surface area (Å²) in [6.07, 6.45) is 2.93. The Hall–Kier alpha value is -3.02. The molecule has 1 atom stereocenters. The smallest absolute Gasteiger partial charge is 0.344 e. The zero-order valence-electron chi connectivity index (χ0n) is 16.0. The molecule has 6 nitrogen and oxygen atoms in total. The fraction of sp³-hybridized carbons (Fsp3) is 0.364. The SMILES string of the molecule is CCOc1ccccc1OCC(=O)OCC(=O)N[C@@H]1CCCc2ccccc21. The highest BCUT2D eigenvalue weighted by Crippen LogP contribution is 2.29. The molecule has 0 unspecified atom stereocenters. The zero-order chi connectivity index (χ0) is 19.8. The Morgan fingerprint density at radius 1 is 1.00 bits per heavy atom. The lowest BCUT2D eigenvalue weighted by atomic mass is 9.88. The monoisotopic (exact) mass is 383 g/mol. The lowest BCUT2D eigenvalue weighted by Crippen LogP contribution is -2.34. The van der Waals surface area contributed by atoms with Gasteiger partial charge in [0.05, 0.1) is 12.6 Å². The molecular weight excluding hydrogens is 358 g/mol. The molecule has 0 heterocycles. The Bertz CT molecular complexity index is 820. The second-order valence-electron chi connectivity index (χ2n) is 6.54. The van der Waals surface area contributed by atoms with Crippen LogP contribution in [0.25, 0.3) is 0 Å². The van der Waals surface area contributed by atoms with E-state index in [1.807, 2.05) is 31.2 Å². The molecule has 6 heteroatoms. The van der Waals surface area contributed by atoms with Crippen molar-refractivity contribution < 1.29 is 23.8 Å². The minimum Gasteiger partial charge on any atom is -0.490 e. The Balaban J connectivity index is 1.45. The molecule has 2 aromatic rings. The number of nitrogens with one attached hydrogen (secondary N) is 1. The number of rotatable bonds is 8. The highest BCUT2D eigenvalue weighted by molar-refractivity contribution is 5.81. The third kappa shape index (κ3) is 5.25. The van der Waals surface area contributed by atoms with Gasteiger partial charge in [0.25, 0.3) is 5.91 Å². The van der Waals surface area contributed by atoms with Gasteiger partial charge in [-0.15, -0.1) is 0 Å². The van der Waals surface area contributed by atoms with Gasteiger partial charge in [-0.05, 0) is 49.4 Å². The van der Waals surface area contributed by atoms with E-state index in [4.69, 9.17) is 14.2 Å². The van der Waals surface area contributed by atoms with E-state index in [1.54, 1.807) is 18.2 Å². The summed E-state index contributed by atoms with van der Waals surface area (Å²) in [5.41, 5.74) is 2.40. The van der Waals surface area contributed by atoms with Crippen LogP contribution in [0.3, 0.4) is 0 Å². The van der Waals surface area contributed by atoms with Gasteiger partial charge < -0.3 is 19.5 Å². The molecular formula is C22H25NO5. The van der Waals surface area contributed by atoms with Crippen LogP contribution in [0, 0.1) is 0 Å². The largest absolute Gasteiger partial charge is 0.490 e. The average Bonchev–Trinajstić information content (AvgIpc) is 2.72. The van der Waals surface area contributed by atoms with E-state index in [-0.39, 0.29) is 25.2 Å². The van der Waals surface area contributed by atoms with Crippen molar-refractivity contribution in [3.63, 3.8) is 0 Å². The maximum absolute atomic E-state index is 12.2. The molecule has 28 heavy (non-hydrogen) atoms. The van der Waals surface area contributed by atoms with Crippen molar-refractivity contribution in [1.29, 1.82) is 0 Å². The number of carbonyl (C=O) groups is 2. The molecule has 0 bridgehead atoms. The van der Waals surface area contributed by atoms with Gasteiger partial charge in [0, 0.05) is 0 Å². The number of hydrogen-bond donors (Lipinski definition) is 1. The van der Waals surface area contributed by atoms with Crippen molar-refractivity contribution in [3.05, 3.63) is 59.7 Å². The summed E-state index contributed by atoms with van der Waals surface area (Å²) in [4.78, 5) is 24.1. The Morgan fingerprint density at radius 2 is 1.71 bits per heavy atom. The Morgan fingerprint density at radius 3 is 2.50 bits per heavy atom. The van der Waals surface area contributed by atoms with Crippen molar-refractivity contribution in [2.24, 2.45) is 0 Å². The van der Waals surface area contributed by atoms with E-state index in [0.29, 0.717) is 18.1 Å². The molecule has 2 aromatic carbocycles. The summed E-state index contributed by atoms with van der Waals surface area (Å²) < 4.78 is 15.9. The van der Waals surface area contributed by atoms with Crippen LogP contribution >= 0.6 is 0 Å². The lowest BCUT2D eigenvalue weighted by molar-refractivity contribution is -0.150. The van der Waals surface area contributed by atoms with E-state index in [2.05, 4.69) is 11.4 Å². The van der Waals surface area contributed by atoms with Gasteiger partial charge in [0.2, 0.25) is 0 Å². The molecule has 1 N–H and O–H groups in total. The predicted octanol–water partition coefficient (Wildman–Crippen LogP) is 3.20. The summed E-state index contributed by atoms with van der Waals surface area (Å²) in [5, 5.41) is 2.95. The molecule has 0 fully saturated rings. The van der Waals surface area contributed by atoms with Crippen molar-refractivity contribution in [2.75, 3.05) is 19.8 Å². The van der Waals surface area contributed by atoms with Gasteiger partial charge in [-0.3, -0.25) is 4.79 Å². The van der Waals surface area contributed by atoms with Crippen molar-refractivity contribution in [3.8, 4) is 11.5 Å². The molecule has 1 aliphatic carbocycles. The molecule has 0 aliphatic heterocycles. The highest BCUT2D eigenvalue weighted by Gasteiger charge is 2.21. The van der Waals surface area contributed by atoms with Gasteiger partial charge >= 0.3 is 5.97 Å². The second kappa shape index (κ2) is 9.78. The van der Waals surface area contributed by atoms with E-state index in [1.165, 1.54) is 5.56 Å². The van der Waals surface area contributed by atoms with E-state index in [9.17, 15) is 9.59 Å². The number of esters is 1. The van der Waals surface area contributed by atoms with Gasteiger partial charge in [-0.1, -0.05) is 36.4 Å². The normalized spacial score (nSPS) is 15.2. The summed E-state index contributed by atoms with van der Waals surface area (Å²) in [5.74, 6) is 0.103. The fourth-order valence-corrected chi connectivity index (χ4v) is 3.31. The van der Waals surface area contributed by atoms with E-state index >= 15 is 0 Å². The van der Waals surface area contributed by atoms with Gasteiger partial charge in [-0.25, -0.2) is 4.79 Å². The number of hydrogen-bond acceptors (Lipinski definition) is 5. The highest BCUT2D eigenvalue weighted by atomic mass is 16.6. The molecule has 148 valence electrons. The number of amides is 1. The van der Waals surface area contributed by atoms with Crippen molar-refractivity contribution >= 4 is 11.9 Å². The first-order valence-electron chi connectivity index (χ1n) is 9.54. The standard InChI is InChI=1S/C22H25NO5/c1-2-26-19-12-5-6-13-20(19)27-15-22(25)28-14-21(24)23-18-11-7-9-16-8-3-4-10-17(16)18/h3-6,8,10,12-13,18H,2,7,9,11,14-15H2,1H3,(H,23,24)/t18-/m1/s1. The third-order valence-electron chi connectivity index (χ3n) is 4.56. The van der Waals surface area contributed by atoms with E-state index < -0.39 is 5.97 Å². The molecule has 0 aromatic heterocycles. The molecule has 1 aliphatic rings. The fourth-order valence-electron chi connectivity index (χ4n) is 3.31. The number of carbonyl (C=O) groups excluding carboxylic acids is 2. The molecule has 0 spiro atoms. The minimum absolute atomic E-state index is 0.0366. The van der Waals surface area contributed by atoms with Gasteiger partial charge in [0.1, 0.15) is 0 Å². The lowest BCUT2D eigenvalue weighted by Gasteiger charge is -2.26. The van der Waals surface area contributed by atoms with Crippen LogP contribution in [0.2, 0.25) is 0 Å². The molecule has 3 rings (SSSR count). The molecule has 0 saturated carbocycles. The Labute approximate surface area is 164 Å². The summed E-state index contributed by atoms with van der Waals surface area (Å²) in [6.45, 7) is 1.75. The van der Waals surface area contributed by atoms with Crippen LogP contribution in [0.4, 0.5) is 0 Å². The molecule has 0 saturated heterocycles. The van der Waals surface area contributed by atoms with Gasteiger partial charge in [0.15, 0.2) is 24.7 Å². The first kappa shape index (κ1) is 19.7. The van der Waals surface area contributed by atoms with E-state index in [0.717, 1.165) is 24.8 Å². The molecule has 1 amide bonds. The number of para-hydroxylation sites is 2. The quantitative estimate of drug-likeness (QED) is 0.709. The number of ether oxygens (including phenoxy) is 3. The van der Waals surface area contributed by atoms with Gasteiger partial charge in [-0.2, -0.15) is 0 Å². The first-order chi connectivity index (χ1) is 13.7. The van der Waals surface area contributed by atoms with Crippen LogP contribution in [-0.4, -0.2) is 31.7 Å². The van der Waals surface area contributed by atoms with Crippen molar-refractivity contribution in [1.82, 2.24) is 5.32 Å². The zero-order valence-corrected chi connectivity index (χ0v) is 16.0. The number of fused-ring (bicyclic) bond motifs is 1. The first-order valence-corrected chi connectivity index (χ1v) is 9.54. The number of aryl methyl sites for hydroxylation is 1. The van der Waals surface area contributed by atoms with Crippen LogP contribution in [-0.2, 0) is 20.7 Å². The Kier molecular flexibility index (Phi) is 6.89. The average molecular weight is 383 g/mol. The summed E-state index contributed by atoms with van der Waals surface area (Å²) >= 11 is 0. The van der Waals surface area contributed by atoms with Crippen LogP contribution in [0.15, 0.2) is 48.5 Å². The topological polar surface area (TPSA) is 73.9 Å². The third-order valence-corrected chi connectivity index (χ3v) is 4.56. The summed E-state index contributed by atoms with van der Waals surface area (Å²) in [7, 11) is 0. The maximum atomic E-state index is 12.2. The minimum atomic E-state index is -0.606. The number of benzene rings is 2. The van der Waals surface area contributed by atoms with Crippen molar-refractivity contribution in [2.45, 2.75) is 32.2 Å². The maximum Gasteiger partial charge on any atom is 0.344 e. The van der Waals surface area contributed by atoms with Crippen LogP contribution < -0.4 is 14.8 Å². The molecule has 0 radical (unpaired) electrons. The van der Waals surface area contributed by atoms with Crippen LogP contribution in [0.5, 0.6) is 11.5 Å². The summed E-state index contributed by atoms with van der Waals surface area (Å²) in [6, 6.07) is 15.2. The predicted molar refractivity (Wildman–Crippen MR) is 104 cm³/mol.